The highest BCUT2D eigenvalue weighted by molar-refractivity contribution is 14.0. The standard InChI is InChI=1S/C17H31N3O3S.HI/c1-13-4-5-15(9-13)20-17(19-11-16-3-2-7-23-16)18-10-14-6-8-24(21,22)12-14;/h13-16H,2-12H2,1H3,(H2,18,19,20);1H. The van der Waals surface area contributed by atoms with Gasteiger partial charge in [0.2, 0.25) is 0 Å². The van der Waals surface area contributed by atoms with E-state index in [-0.39, 0.29) is 41.8 Å². The first-order chi connectivity index (χ1) is 11.5. The van der Waals surface area contributed by atoms with Gasteiger partial charge in [-0.2, -0.15) is 0 Å². The molecule has 3 fully saturated rings. The van der Waals surface area contributed by atoms with Crippen LogP contribution in [0.2, 0.25) is 0 Å². The number of sulfone groups is 1. The van der Waals surface area contributed by atoms with E-state index in [4.69, 9.17) is 9.73 Å². The van der Waals surface area contributed by atoms with E-state index in [9.17, 15) is 8.42 Å². The van der Waals surface area contributed by atoms with Crippen molar-refractivity contribution in [1.29, 1.82) is 0 Å². The van der Waals surface area contributed by atoms with Gasteiger partial charge in [-0.3, -0.25) is 4.99 Å². The Hall–Kier alpha value is -0.0900. The van der Waals surface area contributed by atoms with Gasteiger partial charge in [-0.1, -0.05) is 6.92 Å². The first kappa shape index (κ1) is 21.2. The quantitative estimate of drug-likeness (QED) is 0.354. The predicted octanol–water partition coefficient (Wildman–Crippen LogP) is 1.94. The average Bonchev–Trinajstić information content (AvgIpc) is 3.24. The molecule has 2 N–H and O–H groups in total. The van der Waals surface area contributed by atoms with E-state index in [1.807, 2.05) is 0 Å². The summed E-state index contributed by atoms with van der Waals surface area (Å²) in [6, 6.07) is 0.475. The van der Waals surface area contributed by atoms with Gasteiger partial charge in [0.1, 0.15) is 0 Å². The van der Waals surface area contributed by atoms with Crippen LogP contribution in [0, 0.1) is 11.8 Å². The molecule has 6 nitrogen and oxygen atoms in total. The van der Waals surface area contributed by atoms with Crippen LogP contribution in [-0.2, 0) is 14.6 Å². The number of aliphatic imine (C=N–C) groups is 1. The van der Waals surface area contributed by atoms with Crippen molar-refractivity contribution in [3.05, 3.63) is 0 Å². The van der Waals surface area contributed by atoms with Gasteiger partial charge in [0.15, 0.2) is 15.8 Å². The van der Waals surface area contributed by atoms with Crippen LogP contribution in [0.25, 0.3) is 0 Å². The van der Waals surface area contributed by atoms with Gasteiger partial charge in [-0.25, -0.2) is 8.42 Å². The second-order valence-corrected chi connectivity index (χ2v) is 9.96. The predicted molar refractivity (Wildman–Crippen MR) is 111 cm³/mol. The van der Waals surface area contributed by atoms with Crippen molar-refractivity contribution in [3.63, 3.8) is 0 Å². The van der Waals surface area contributed by atoms with E-state index < -0.39 is 9.84 Å². The number of nitrogens with zero attached hydrogens (tertiary/aromatic N) is 1. The van der Waals surface area contributed by atoms with Crippen molar-refractivity contribution in [2.45, 2.75) is 57.6 Å². The first-order valence-electron chi connectivity index (χ1n) is 9.37. The summed E-state index contributed by atoms with van der Waals surface area (Å²) in [6.07, 6.45) is 6.86. The third-order valence-corrected chi connectivity index (χ3v) is 7.23. The second kappa shape index (κ2) is 9.73. The fourth-order valence-electron chi connectivity index (χ4n) is 3.94. The molecule has 0 aromatic carbocycles. The molecule has 0 amide bonds. The molecule has 0 aromatic heterocycles. The number of hydrogen-bond donors (Lipinski definition) is 2. The summed E-state index contributed by atoms with van der Waals surface area (Å²) in [7, 11) is -2.83. The van der Waals surface area contributed by atoms with Gasteiger partial charge in [-0.15, -0.1) is 24.0 Å². The lowest BCUT2D eigenvalue weighted by Crippen LogP contribution is -2.45. The van der Waals surface area contributed by atoms with Crippen molar-refractivity contribution >= 4 is 39.8 Å². The lowest BCUT2D eigenvalue weighted by atomic mass is 10.1. The monoisotopic (exact) mass is 485 g/mol. The summed E-state index contributed by atoms with van der Waals surface area (Å²) in [4.78, 5) is 4.70. The zero-order chi connectivity index (χ0) is 17.0. The minimum absolute atomic E-state index is 0. The molecule has 0 spiro atoms. The van der Waals surface area contributed by atoms with Gasteiger partial charge in [-0.05, 0) is 50.4 Å². The topological polar surface area (TPSA) is 79.8 Å². The second-order valence-electron chi connectivity index (χ2n) is 7.73. The molecular formula is C17H32IN3O3S. The summed E-state index contributed by atoms with van der Waals surface area (Å²) in [5.74, 6) is 2.37. The number of rotatable bonds is 5. The highest BCUT2D eigenvalue weighted by atomic mass is 127. The summed E-state index contributed by atoms with van der Waals surface area (Å²) in [5, 5.41) is 6.96. The maximum atomic E-state index is 11.6. The van der Waals surface area contributed by atoms with E-state index in [1.165, 1.54) is 19.3 Å². The van der Waals surface area contributed by atoms with Crippen molar-refractivity contribution in [3.8, 4) is 0 Å². The fourth-order valence-corrected chi connectivity index (χ4v) is 5.79. The van der Waals surface area contributed by atoms with E-state index in [0.29, 0.717) is 18.3 Å². The number of halogens is 1. The van der Waals surface area contributed by atoms with Crippen LogP contribution in [-0.4, -0.2) is 57.7 Å². The van der Waals surface area contributed by atoms with Crippen LogP contribution >= 0.6 is 24.0 Å². The molecule has 25 heavy (non-hydrogen) atoms. The number of nitrogens with one attached hydrogen (secondary N) is 2. The molecule has 3 rings (SSSR count). The van der Waals surface area contributed by atoms with Crippen LogP contribution in [0.3, 0.4) is 0 Å². The Balaban J connectivity index is 0.00000225. The Labute approximate surface area is 168 Å². The summed E-state index contributed by atoms with van der Waals surface area (Å²) in [6.45, 7) is 4.51. The van der Waals surface area contributed by atoms with Crippen LogP contribution in [0.15, 0.2) is 4.99 Å². The van der Waals surface area contributed by atoms with Crippen molar-refractivity contribution in [2.24, 2.45) is 16.8 Å². The Morgan fingerprint density at radius 1 is 1.24 bits per heavy atom. The molecule has 0 bridgehead atoms. The third kappa shape index (κ3) is 6.86. The maximum absolute atomic E-state index is 11.6. The fraction of sp³-hybridized carbons (Fsp3) is 0.941. The average molecular weight is 485 g/mol. The maximum Gasteiger partial charge on any atom is 0.191 e. The van der Waals surface area contributed by atoms with Crippen molar-refractivity contribution in [1.82, 2.24) is 10.6 Å². The molecule has 2 saturated heterocycles. The molecule has 0 radical (unpaired) electrons. The molecule has 2 aliphatic heterocycles. The molecule has 146 valence electrons. The molecule has 8 heteroatoms. The van der Waals surface area contributed by atoms with Crippen LogP contribution in [0.5, 0.6) is 0 Å². The summed E-state index contributed by atoms with van der Waals surface area (Å²) in [5.41, 5.74) is 0. The van der Waals surface area contributed by atoms with E-state index in [1.54, 1.807) is 0 Å². The Morgan fingerprint density at radius 3 is 2.68 bits per heavy atom. The van der Waals surface area contributed by atoms with E-state index in [2.05, 4.69) is 17.6 Å². The highest BCUT2D eigenvalue weighted by Crippen LogP contribution is 2.24. The van der Waals surface area contributed by atoms with Crippen molar-refractivity contribution in [2.75, 3.05) is 31.2 Å². The number of guanidine groups is 1. The number of ether oxygens (including phenoxy) is 1. The first-order valence-corrected chi connectivity index (χ1v) is 11.2. The van der Waals surface area contributed by atoms with Crippen LogP contribution in [0.1, 0.15) is 45.4 Å². The zero-order valence-electron chi connectivity index (χ0n) is 15.1. The molecule has 3 aliphatic rings. The van der Waals surface area contributed by atoms with Gasteiger partial charge in [0.25, 0.3) is 0 Å². The van der Waals surface area contributed by atoms with Crippen LogP contribution in [0.4, 0.5) is 0 Å². The zero-order valence-corrected chi connectivity index (χ0v) is 18.2. The smallest absolute Gasteiger partial charge is 0.191 e. The normalized spacial score (nSPS) is 34.7. The van der Waals surface area contributed by atoms with Gasteiger partial charge in [0.05, 0.1) is 17.6 Å². The third-order valence-electron chi connectivity index (χ3n) is 5.39. The summed E-state index contributed by atoms with van der Waals surface area (Å²) < 4.78 is 28.9. The molecule has 1 aliphatic carbocycles. The van der Waals surface area contributed by atoms with Gasteiger partial charge >= 0.3 is 0 Å². The minimum atomic E-state index is -2.83. The van der Waals surface area contributed by atoms with E-state index in [0.717, 1.165) is 44.3 Å². The number of hydrogen-bond acceptors (Lipinski definition) is 4. The Kier molecular flexibility index (Phi) is 8.26. The SMILES string of the molecule is CC1CCC(NC(=NCC2CCS(=O)(=O)C2)NCC2CCCO2)C1.I. The van der Waals surface area contributed by atoms with Gasteiger partial charge < -0.3 is 15.4 Å². The Morgan fingerprint density at radius 2 is 2.08 bits per heavy atom. The van der Waals surface area contributed by atoms with Crippen molar-refractivity contribution < 1.29 is 13.2 Å². The molecular weight excluding hydrogens is 453 g/mol. The minimum Gasteiger partial charge on any atom is -0.376 e. The molecule has 0 aromatic rings. The highest BCUT2D eigenvalue weighted by Gasteiger charge is 2.28. The molecule has 4 unspecified atom stereocenters. The van der Waals surface area contributed by atoms with Gasteiger partial charge in [0, 0.05) is 25.7 Å². The summed E-state index contributed by atoms with van der Waals surface area (Å²) >= 11 is 0. The lowest BCUT2D eigenvalue weighted by Gasteiger charge is -2.20. The van der Waals surface area contributed by atoms with E-state index >= 15 is 0 Å². The lowest BCUT2D eigenvalue weighted by molar-refractivity contribution is 0.113. The largest absolute Gasteiger partial charge is 0.376 e. The Bertz CT molecular complexity index is 549. The molecule has 4 atom stereocenters. The van der Waals surface area contributed by atoms with Crippen LogP contribution < -0.4 is 10.6 Å². The molecule has 1 saturated carbocycles. The molecule has 2 heterocycles.